The van der Waals surface area contributed by atoms with Gasteiger partial charge in [-0.15, -0.1) is 0 Å². The van der Waals surface area contributed by atoms with Crippen molar-refractivity contribution in [2.75, 3.05) is 5.32 Å². The molecule has 2 aromatic rings. The first-order valence-corrected chi connectivity index (χ1v) is 7.10. The zero-order valence-corrected chi connectivity index (χ0v) is 10.7. The molecule has 2 rings (SSSR count). The topological polar surface area (TPSA) is 86.6 Å². The highest BCUT2D eigenvalue weighted by Crippen LogP contribution is 2.32. The summed E-state index contributed by atoms with van der Waals surface area (Å²) in [5.74, 6) is -0.330. The van der Waals surface area contributed by atoms with Gasteiger partial charge in [-0.05, 0) is 36.4 Å². The lowest BCUT2D eigenvalue weighted by Gasteiger charge is -2.07. The highest BCUT2D eigenvalue weighted by molar-refractivity contribution is 7.60. The molecule has 0 bridgehead atoms. The maximum Gasteiger partial charge on any atom is 0.356 e. The molecule has 0 aliphatic rings. The molecule has 0 atom stereocenters. The van der Waals surface area contributed by atoms with E-state index in [-0.39, 0.29) is 11.2 Å². The van der Waals surface area contributed by atoms with E-state index < -0.39 is 7.60 Å². The van der Waals surface area contributed by atoms with E-state index in [2.05, 4.69) is 5.32 Å². The van der Waals surface area contributed by atoms with Crippen molar-refractivity contribution >= 4 is 24.5 Å². The van der Waals surface area contributed by atoms with Crippen molar-refractivity contribution < 1.29 is 19.1 Å². The monoisotopic (exact) mass is 277 g/mol. The van der Waals surface area contributed by atoms with Gasteiger partial charge in [0.1, 0.15) is 0 Å². The van der Waals surface area contributed by atoms with Gasteiger partial charge >= 0.3 is 7.60 Å². The molecule has 1 amide bonds. The Morgan fingerprint density at radius 2 is 1.53 bits per heavy atom. The van der Waals surface area contributed by atoms with E-state index in [4.69, 9.17) is 9.79 Å². The summed E-state index contributed by atoms with van der Waals surface area (Å²) < 4.78 is 11.0. The maximum absolute atomic E-state index is 11.9. The first-order chi connectivity index (χ1) is 8.97. The summed E-state index contributed by atoms with van der Waals surface area (Å²) in [4.78, 5) is 29.8. The SMILES string of the molecule is O=C(Nc1ccccc1)c1ccc(P(=O)(O)O)cc1. The van der Waals surface area contributed by atoms with Crippen LogP contribution in [-0.2, 0) is 4.57 Å². The number of amides is 1. The van der Waals surface area contributed by atoms with Gasteiger partial charge in [-0.1, -0.05) is 18.2 Å². The third-order valence-electron chi connectivity index (χ3n) is 2.50. The van der Waals surface area contributed by atoms with Crippen molar-refractivity contribution in [2.24, 2.45) is 0 Å². The molecule has 0 aliphatic carbocycles. The molecule has 0 heterocycles. The number of nitrogens with one attached hydrogen (secondary N) is 1. The van der Waals surface area contributed by atoms with Crippen molar-refractivity contribution in [2.45, 2.75) is 0 Å². The van der Waals surface area contributed by atoms with E-state index in [1.54, 1.807) is 24.3 Å². The fourth-order valence-corrected chi connectivity index (χ4v) is 2.07. The number of hydrogen-bond donors (Lipinski definition) is 3. The molecule has 0 unspecified atom stereocenters. The molecule has 19 heavy (non-hydrogen) atoms. The number of para-hydroxylation sites is 1. The van der Waals surface area contributed by atoms with Crippen LogP contribution in [0.3, 0.4) is 0 Å². The molecule has 3 N–H and O–H groups in total. The minimum atomic E-state index is -4.27. The number of carbonyl (C=O) groups is 1. The van der Waals surface area contributed by atoms with Crippen molar-refractivity contribution in [1.29, 1.82) is 0 Å². The average Bonchev–Trinajstić information content (AvgIpc) is 2.39. The lowest BCUT2D eigenvalue weighted by Crippen LogP contribution is -2.13. The third-order valence-corrected chi connectivity index (χ3v) is 3.47. The second-order valence-corrected chi connectivity index (χ2v) is 5.52. The molecule has 0 aromatic heterocycles. The zero-order chi connectivity index (χ0) is 13.9. The molecule has 0 fully saturated rings. The normalized spacial score (nSPS) is 11.1. The third kappa shape index (κ3) is 3.51. The Morgan fingerprint density at radius 3 is 2.05 bits per heavy atom. The second kappa shape index (κ2) is 5.36. The predicted octanol–water partition coefficient (Wildman–Crippen LogP) is 1.74. The van der Waals surface area contributed by atoms with Crippen molar-refractivity contribution in [3.8, 4) is 0 Å². The lowest BCUT2D eigenvalue weighted by atomic mass is 10.2. The fraction of sp³-hybridized carbons (Fsp3) is 0. The molecule has 98 valence electrons. The Morgan fingerprint density at radius 1 is 0.947 bits per heavy atom. The highest BCUT2D eigenvalue weighted by atomic mass is 31.2. The summed E-state index contributed by atoms with van der Waals surface area (Å²) in [5, 5.41) is 2.58. The Bertz CT molecular complexity index is 619. The number of benzene rings is 2. The molecule has 0 saturated carbocycles. The van der Waals surface area contributed by atoms with Crippen LogP contribution < -0.4 is 10.6 Å². The van der Waals surface area contributed by atoms with E-state index in [1.807, 2.05) is 6.07 Å². The van der Waals surface area contributed by atoms with Crippen molar-refractivity contribution in [1.82, 2.24) is 0 Å². The zero-order valence-electron chi connectivity index (χ0n) is 9.85. The first kappa shape index (κ1) is 13.5. The van der Waals surface area contributed by atoms with E-state index in [9.17, 15) is 9.36 Å². The van der Waals surface area contributed by atoms with Gasteiger partial charge in [0.25, 0.3) is 5.91 Å². The molecule has 0 saturated heterocycles. The van der Waals surface area contributed by atoms with Crippen LogP contribution in [0, 0.1) is 0 Å². The standard InChI is InChI=1S/C13H12NO4P/c15-13(14-11-4-2-1-3-5-11)10-6-8-12(9-7-10)19(16,17)18/h1-9H,(H,14,15)(H2,16,17,18). The van der Waals surface area contributed by atoms with Crippen LogP contribution in [0.25, 0.3) is 0 Å². The van der Waals surface area contributed by atoms with Gasteiger partial charge in [0.15, 0.2) is 0 Å². The van der Waals surface area contributed by atoms with Crippen LogP contribution in [0.2, 0.25) is 0 Å². The van der Waals surface area contributed by atoms with Gasteiger partial charge in [0.05, 0.1) is 5.30 Å². The number of carbonyl (C=O) groups excluding carboxylic acids is 1. The summed E-state index contributed by atoms with van der Waals surface area (Å²) in [6, 6.07) is 14.2. The Hall–Kier alpha value is -1.94. The first-order valence-electron chi connectivity index (χ1n) is 5.49. The minimum absolute atomic E-state index is 0.108. The summed E-state index contributed by atoms with van der Waals surface area (Å²) in [5.41, 5.74) is 0.993. The summed E-state index contributed by atoms with van der Waals surface area (Å²) in [6.45, 7) is 0. The lowest BCUT2D eigenvalue weighted by molar-refractivity contribution is 0.102. The molecule has 6 heteroatoms. The quantitative estimate of drug-likeness (QED) is 0.746. The van der Waals surface area contributed by atoms with Crippen LogP contribution in [0.5, 0.6) is 0 Å². The molecular formula is C13H12NO4P. The van der Waals surface area contributed by atoms with E-state index in [0.29, 0.717) is 11.3 Å². The average molecular weight is 277 g/mol. The number of hydrogen-bond acceptors (Lipinski definition) is 2. The Balaban J connectivity index is 2.15. The Kier molecular flexibility index (Phi) is 3.81. The van der Waals surface area contributed by atoms with Crippen molar-refractivity contribution in [3.05, 3.63) is 60.2 Å². The van der Waals surface area contributed by atoms with E-state index >= 15 is 0 Å². The van der Waals surface area contributed by atoms with E-state index in [0.717, 1.165) is 0 Å². The highest BCUT2D eigenvalue weighted by Gasteiger charge is 2.17. The van der Waals surface area contributed by atoms with Gasteiger partial charge in [-0.25, -0.2) is 0 Å². The molecule has 0 aliphatic heterocycles. The minimum Gasteiger partial charge on any atom is -0.322 e. The summed E-state index contributed by atoms with van der Waals surface area (Å²) in [6.07, 6.45) is 0. The summed E-state index contributed by atoms with van der Waals surface area (Å²) in [7, 11) is -4.27. The van der Waals surface area contributed by atoms with Crippen LogP contribution >= 0.6 is 7.60 Å². The van der Waals surface area contributed by atoms with Crippen LogP contribution in [0.1, 0.15) is 10.4 Å². The predicted molar refractivity (Wildman–Crippen MR) is 72.5 cm³/mol. The number of anilines is 1. The Labute approximate surface area is 110 Å². The van der Waals surface area contributed by atoms with Crippen molar-refractivity contribution in [3.63, 3.8) is 0 Å². The van der Waals surface area contributed by atoms with Gasteiger partial charge < -0.3 is 15.1 Å². The number of rotatable bonds is 3. The second-order valence-electron chi connectivity index (χ2n) is 3.91. The van der Waals surface area contributed by atoms with Gasteiger partial charge in [-0.2, -0.15) is 0 Å². The smallest absolute Gasteiger partial charge is 0.322 e. The molecule has 0 spiro atoms. The summed E-state index contributed by atoms with van der Waals surface area (Å²) >= 11 is 0. The van der Waals surface area contributed by atoms with Gasteiger partial charge in [-0.3, -0.25) is 9.36 Å². The molecule has 2 aromatic carbocycles. The van der Waals surface area contributed by atoms with Gasteiger partial charge in [0, 0.05) is 11.3 Å². The van der Waals surface area contributed by atoms with Crippen LogP contribution in [0.4, 0.5) is 5.69 Å². The van der Waals surface area contributed by atoms with Crippen LogP contribution in [0.15, 0.2) is 54.6 Å². The van der Waals surface area contributed by atoms with Gasteiger partial charge in [0.2, 0.25) is 0 Å². The molecular weight excluding hydrogens is 265 g/mol. The molecule has 0 radical (unpaired) electrons. The molecule has 5 nitrogen and oxygen atoms in total. The van der Waals surface area contributed by atoms with E-state index in [1.165, 1.54) is 24.3 Å². The maximum atomic E-state index is 11.9. The largest absolute Gasteiger partial charge is 0.356 e. The fourth-order valence-electron chi connectivity index (χ4n) is 1.53. The van der Waals surface area contributed by atoms with Crippen LogP contribution in [-0.4, -0.2) is 15.7 Å².